The number of carbonyl (C=O) groups excluding carboxylic acids is 1. The van der Waals surface area contributed by atoms with Gasteiger partial charge in [-0.1, -0.05) is 34.1 Å². The van der Waals surface area contributed by atoms with Crippen LogP contribution in [0.2, 0.25) is 0 Å². The van der Waals surface area contributed by atoms with Crippen LogP contribution in [0, 0.1) is 22.7 Å². The fraction of sp³-hybridized carbons (Fsp3) is 0.667. The van der Waals surface area contributed by atoms with Crippen LogP contribution in [0.4, 0.5) is 0 Å². The monoisotopic (exact) mass is 422 g/mol. The van der Waals surface area contributed by atoms with E-state index >= 15 is 0 Å². The Morgan fingerprint density at radius 3 is 2.62 bits per heavy atom. The predicted molar refractivity (Wildman–Crippen MR) is 102 cm³/mol. The maximum atomic E-state index is 12.2. The van der Waals surface area contributed by atoms with Gasteiger partial charge in [-0.05, 0) is 64.4 Å². The number of aliphatic hydroxyl groups excluding tert-OH is 1. The second-order valence-corrected chi connectivity index (χ2v) is 10.2. The Hall–Kier alpha value is -1.07. The molecule has 2 saturated carbocycles. The molecule has 2 fully saturated rings. The molecular weight excluding hydrogens is 396 g/mol. The maximum absolute atomic E-state index is 12.2. The van der Waals surface area contributed by atoms with Crippen molar-refractivity contribution >= 4 is 21.7 Å². The molecule has 142 valence electrons. The summed E-state index contributed by atoms with van der Waals surface area (Å²) in [5, 5.41) is 21.9. The average molecular weight is 423 g/mol. The highest BCUT2D eigenvalue weighted by atomic mass is 79.9. The molecule has 4 atom stereocenters. The third-order valence-electron chi connectivity index (χ3n) is 7.40. The molecule has 4 aliphatic rings. The number of allylic oxidation sites excluding steroid dienone is 2. The van der Waals surface area contributed by atoms with E-state index < -0.39 is 11.6 Å². The molecule has 0 radical (unpaired) electrons. The summed E-state index contributed by atoms with van der Waals surface area (Å²) in [4.78, 5) is 12.2. The van der Waals surface area contributed by atoms with Crippen LogP contribution in [0.1, 0.15) is 59.8 Å². The highest BCUT2D eigenvalue weighted by Gasteiger charge is 2.62. The molecule has 1 unspecified atom stereocenters. The lowest BCUT2D eigenvalue weighted by atomic mass is 9.52. The Morgan fingerprint density at radius 2 is 1.92 bits per heavy atom. The minimum absolute atomic E-state index is 0.0905. The summed E-state index contributed by atoms with van der Waals surface area (Å²) in [5.41, 5.74) is 1.49. The third-order valence-corrected chi connectivity index (χ3v) is 8.12. The van der Waals surface area contributed by atoms with Gasteiger partial charge in [-0.2, -0.15) is 0 Å². The van der Waals surface area contributed by atoms with Crippen LogP contribution in [0.15, 0.2) is 33.2 Å². The first-order valence-electron chi connectivity index (χ1n) is 9.54. The number of hydrogen-bond donors (Lipinski definition) is 2. The van der Waals surface area contributed by atoms with Crippen LogP contribution in [0.25, 0.3) is 0 Å². The van der Waals surface area contributed by atoms with Gasteiger partial charge in [-0.3, -0.25) is 4.79 Å². The van der Waals surface area contributed by atoms with Crippen molar-refractivity contribution < 1.29 is 19.7 Å². The van der Waals surface area contributed by atoms with E-state index in [1.54, 1.807) is 0 Å². The van der Waals surface area contributed by atoms with Gasteiger partial charge in [0.05, 0.1) is 0 Å². The number of halogens is 1. The van der Waals surface area contributed by atoms with Crippen molar-refractivity contribution in [3.8, 4) is 0 Å². The van der Waals surface area contributed by atoms with E-state index in [2.05, 4.69) is 36.7 Å². The molecule has 0 aromatic carbocycles. The Labute approximate surface area is 163 Å². The number of Topliss-reactive ketones (excluding diaryl/α,β-unsaturated/α-hetero) is 1. The van der Waals surface area contributed by atoms with Gasteiger partial charge in [0, 0.05) is 17.1 Å². The van der Waals surface area contributed by atoms with Crippen molar-refractivity contribution in [2.75, 3.05) is 0 Å². The summed E-state index contributed by atoms with van der Waals surface area (Å²) < 4.78 is 6.30. The first-order chi connectivity index (χ1) is 12.0. The first-order valence-corrected chi connectivity index (χ1v) is 10.3. The van der Waals surface area contributed by atoms with Gasteiger partial charge in [0.2, 0.25) is 11.6 Å². The predicted octanol–water partition coefficient (Wildman–Crippen LogP) is 4.90. The van der Waals surface area contributed by atoms with Gasteiger partial charge in [0.1, 0.15) is 10.2 Å². The molecule has 0 saturated heterocycles. The van der Waals surface area contributed by atoms with Crippen LogP contribution >= 0.6 is 15.9 Å². The summed E-state index contributed by atoms with van der Waals surface area (Å²) >= 11 is 3.29. The van der Waals surface area contributed by atoms with Crippen LogP contribution in [-0.2, 0) is 9.53 Å². The molecule has 26 heavy (non-hydrogen) atoms. The lowest BCUT2D eigenvalue weighted by Crippen LogP contribution is -2.48. The van der Waals surface area contributed by atoms with Gasteiger partial charge in [0.25, 0.3) is 0 Å². The van der Waals surface area contributed by atoms with Gasteiger partial charge in [0.15, 0.2) is 5.76 Å². The molecule has 4 rings (SSSR count). The number of fused-ring (bicyclic) bond motifs is 4. The second kappa shape index (κ2) is 5.48. The quantitative estimate of drug-likeness (QED) is 0.582. The van der Waals surface area contributed by atoms with Gasteiger partial charge in [-0.25, -0.2) is 0 Å². The number of hydrogen-bond acceptors (Lipinski definition) is 4. The standard InChI is InChI=1S/C21H27BrO4/c1-11-6-7-14-19(2,3)8-5-9-20(14,4)18-12-10-13(23)16(24)15(22)17(12)26-21(11,18)25/h10-11,14,23,25H,5-9H2,1-4H3/t11-,14+,20+,21?/m1/s1. The Balaban J connectivity index is 2.02. The SMILES string of the molecule is C[C@@H]1CC[C@H]2C(C)(C)CCC[C@]2(C)C2=C3C=C(O)C(=O)C(Br)=C3OC21O. The van der Waals surface area contributed by atoms with Crippen molar-refractivity contribution in [2.24, 2.45) is 22.7 Å². The van der Waals surface area contributed by atoms with Crippen LogP contribution < -0.4 is 0 Å². The zero-order valence-electron chi connectivity index (χ0n) is 15.9. The van der Waals surface area contributed by atoms with Crippen LogP contribution in [0.3, 0.4) is 0 Å². The zero-order valence-corrected chi connectivity index (χ0v) is 17.4. The molecule has 4 nitrogen and oxygen atoms in total. The van der Waals surface area contributed by atoms with E-state index in [-0.39, 0.29) is 27.0 Å². The topological polar surface area (TPSA) is 66.8 Å². The molecule has 0 amide bonds. The number of rotatable bonds is 0. The molecule has 0 bridgehead atoms. The van der Waals surface area contributed by atoms with Crippen molar-refractivity contribution in [1.29, 1.82) is 0 Å². The molecule has 0 spiro atoms. The molecule has 1 aliphatic heterocycles. The molecule has 2 N–H and O–H groups in total. The highest BCUT2D eigenvalue weighted by molar-refractivity contribution is 9.12. The number of carbonyl (C=O) groups is 1. The minimum atomic E-state index is -1.43. The van der Waals surface area contributed by atoms with E-state index in [1.807, 2.05) is 6.92 Å². The van der Waals surface area contributed by atoms with E-state index in [9.17, 15) is 15.0 Å². The van der Waals surface area contributed by atoms with E-state index in [4.69, 9.17) is 4.74 Å². The largest absolute Gasteiger partial charge is 0.504 e. The maximum Gasteiger partial charge on any atom is 0.238 e. The van der Waals surface area contributed by atoms with Gasteiger partial charge >= 0.3 is 0 Å². The molecule has 1 heterocycles. The minimum Gasteiger partial charge on any atom is -0.504 e. The normalized spacial score (nSPS) is 41.8. The van der Waals surface area contributed by atoms with E-state index in [1.165, 1.54) is 12.5 Å². The van der Waals surface area contributed by atoms with Crippen molar-refractivity contribution in [3.05, 3.63) is 33.2 Å². The summed E-state index contributed by atoms with van der Waals surface area (Å²) in [6, 6.07) is 0. The van der Waals surface area contributed by atoms with E-state index in [0.29, 0.717) is 17.3 Å². The first kappa shape index (κ1) is 18.3. The molecule has 0 aromatic rings. The average Bonchev–Trinajstić information content (AvgIpc) is 2.81. The zero-order chi connectivity index (χ0) is 19.1. The smallest absolute Gasteiger partial charge is 0.238 e. The summed E-state index contributed by atoms with van der Waals surface area (Å²) in [5.74, 6) is -1.53. The molecule has 0 aromatic heterocycles. The number of aliphatic hydroxyl groups is 2. The Kier molecular flexibility index (Phi) is 3.86. The molecule has 5 heteroatoms. The lowest BCUT2D eigenvalue weighted by molar-refractivity contribution is -0.176. The fourth-order valence-corrected chi connectivity index (χ4v) is 6.59. The van der Waals surface area contributed by atoms with Crippen molar-refractivity contribution in [3.63, 3.8) is 0 Å². The van der Waals surface area contributed by atoms with Crippen LogP contribution in [0.5, 0.6) is 0 Å². The summed E-state index contributed by atoms with van der Waals surface area (Å²) in [6.07, 6.45) is 6.66. The van der Waals surface area contributed by atoms with Crippen LogP contribution in [-0.4, -0.2) is 21.8 Å². The summed E-state index contributed by atoms with van der Waals surface area (Å²) in [6.45, 7) is 8.92. The Morgan fingerprint density at radius 1 is 1.23 bits per heavy atom. The number of ether oxygens (including phenoxy) is 1. The lowest BCUT2D eigenvalue weighted by Gasteiger charge is -2.52. The van der Waals surface area contributed by atoms with Gasteiger partial charge in [-0.15, -0.1) is 0 Å². The number of ketones is 1. The molecule has 3 aliphatic carbocycles. The Bertz CT molecular complexity index is 790. The van der Waals surface area contributed by atoms with Crippen molar-refractivity contribution in [1.82, 2.24) is 0 Å². The molecular formula is C21H27BrO4. The summed E-state index contributed by atoms with van der Waals surface area (Å²) in [7, 11) is 0. The second-order valence-electron chi connectivity index (χ2n) is 9.38. The van der Waals surface area contributed by atoms with E-state index in [0.717, 1.165) is 31.3 Å². The van der Waals surface area contributed by atoms with Gasteiger partial charge < -0.3 is 14.9 Å². The fourth-order valence-electron chi connectivity index (χ4n) is 6.09. The third kappa shape index (κ3) is 2.19. The van der Waals surface area contributed by atoms with Crippen molar-refractivity contribution in [2.45, 2.75) is 65.6 Å². The highest BCUT2D eigenvalue weighted by Crippen LogP contribution is 2.65.